The van der Waals surface area contributed by atoms with Crippen molar-refractivity contribution in [1.82, 2.24) is 9.88 Å². The quantitative estimate of drug-likeness (QED) is 0.842. The van der Waals surface area contributed by atoms with Gasteiger partial charge in [0.2, 0.25) is 0 Å². The molecule has 2 heterocycles. The van der Waals surface area contributed by atoms with Crippen molar-refractivity contribution in [2.24, 2.45) is 0 Å². The first-order valence-corrected chi connectivity index (χ1v) is 7.58. The molecule has 5 nitrogen and oxygen atoms in total. The van der Waals surface area contributed by atoms with Gasteiger partial charge in [-0.2, -0.15) is 0 Å². The van der Waals surface area contributed by atoms with E-state index in [2.05, 4.69) is 4.98 Å². The van der Waals surface area contributed by atoms with Gasteiger partial charge in [0.25, 0.3) is 0 Å². The van der Waals surface area contributed by atoms with E-state index in [1.807, 2.05) is 32.7 Å². The minimum absolute atomic E-state index is 0.256. The molecule has 2 rings (SSSR count). The topological polar surface area (TPSA) is 45.7 Å². The number of rotatable bonds is 2. The average Bonchev–Trinajstić information content (AvgIpc) is 2.46. The number of ether oxygens (including phenoxy) is 1. The van der Waals surface area contributed by atoms with Crippen molar-refractivity contribution in [2.45, 2.75) is 45.3 Å². The first-order valence-electron chi connectivity index (χ1n) is 7.58. The van der Waals surface area contributed by atoms with E-state index in [0.29, 0.717) is 13.1 Å². The van der Waals surface area contributed by atoms with E-state index in [1.54, 1.807) is 11.0 Å². The highest BCUT2D eigenvalue weighted by atomic mass is 19.1. The number of amides is 1. The maximum Gasteiger partial charge on any atom is 0.410 e. The average molecular weight is 309 g/mol. The van der Waals surface area contributed by atoms with Gasteiger partial charge in [-0.1, -0.05) is 0 Å². The molecule has 22 heavy (non-hydrogen) atoms. The molecule has 1 amide bonds. The van der Waals surface area contributed by atoms with E-state index in [0.717, 1.165) is 18.7 Å². The van der Waals surface area contributed by atoms with Crippen LogP contribution in [0.2, 0.25) is 0 Å². The number of nitrogens with zero attached hydrogens (tertiary/aromatic N) is 3. The summed E-state index contributed by atoms with van der Waals surface area (Å²) in [6, 6.07) is 3.38. The van der Waals surface area contributed by atoms with Crippen LogP contribution in [0.4, 0.5) is 15.0 Å². The Morgan fingerprint density at radius 2 is 2.00 bits per heavy atom. The smallest absolute Gasteiger partial charge is 0.410 e. The molecule has 6 heteroatoms. The molecule has 0 aromatic carbocycles. The number of carbonyl (C=O) groups is 1. The zero-order valence-electron chi connectivity index (χ0n) is 13.7. The first kappa shape index (κ1) is 16.5. The first-order chi connectivity index (χ1) is 10.3. The van der Waals surface area contributed by atoms with Gasteiger partial charge in [0.1, 0.15) is 17.2 Å². The van der Waals surface area contributed by atoms with Crippen molar-refractivity contribution < 1.29 is 13.9 Å². The molecule has 1 aromatic rings. The lowest BCUT2D eigenvalue weighted by Gasteiger charge is -2.37. The molecule has 1 aromatic heterocycles. The van der Waals surface area contributed by atoms with Gasteiger partial charge in [-0.3, -0.25) is 0 Å². The lowest BCUT2D eigenvalue weighted by molar-refractivity contribution is 0.0205. The molecule has 0 bridgehead atoms. The minimum atomic E-state index is -0.469. The Morgan fingerprint density at radius 1 is 1.36 bits per heavy atom. The van der Waals surface area contributed by atoms with Crippen LogP contribution >= 0.6 is 0 Å². The van der Waals surface area contributed by atoms with Crippen molar-refractivity contribution in [3.05, 3.63) is 24.1 Å². The van der Waals surface area contributed by atoms with Gasteiger partial charge in [-0.05, 0) is 45.7 Å². The Morgan fingerprint density at radius 3 is 2.50 bits per heavy atom. The van der Waals surface area contributed by atoms with Crippen LogP contribution in [0.3, 0.4) is 0 Å². The van der Waals surface area contributed by atoms with Crippen molar-refractivity contribution in [2.75, 3.05) is 25.0 Å². The van der Waals surface area contributed by atoms with E-state index in [-0.39, 0.29) is 18.0 Å². The zero-order chi connectivity index (χ0) is 16.3. The highest BCUT2D eigenvalue weighted by Crippen LogP contribution is 2.21. The minimum Gasteiger partial charge on any atom is -0.444 e. The predicted octanol–water partition coefficient (Wildman–Crippen LogP) is 3.06. The summed E-state index contributed by atoms with van der Waals surface area (Å²) in [6.45, 7) is 6.92. The Kier molecular flexibility index (Phi) is 4.88. The van der Waals surface area contributed by atoms with Gasteiger partial charge in [0.05, 0.1) is 6.20 Å². The summed E-state index contributed by atoms with van der Waals surface area (Å²) in [6.07, 6.45) is 2.65. The van der Waals surface area contributed by atoms with Crippen molar-refractivity contribution in [1.29, 1.82) is 0 Å². The summed E-state index contributed by atoms with van der Waals surface area (Å²) in [5, 5.41) is 0. The van der Waals surface area contributed by atoms with E-state index in [1.165, 1.54) is 12.3 Å². The van der Waals surface area contributed by atoms with E-state index < -0.39 is 5.60 Å². The second-order valence-corrected chi connectivity index (χ2v) is 6.64. The number of hydrogen-bond acceptors (Lipinski definition) is 4. The summed E-state index contributed by atoms with van der Waals surface area (Å²) in [7, 11) is 1.95. The van der Waals surface area contributed by atoms with Gasteiger partial charge >= 0.3 is 6.09 Å². The van der Waals surface area contributed by atoms with Crippen molar-refractivity contribution in [3.8, 4) is 0 Å². The monoisotopic (exact) mass is 309 g/mol. The Labute approximate surface area is 131 Å². The Balaban J connectivity index is 1.89. The fourth-order valence-corrected chi connectivity index (χ4v) is 2.53. The molecule has 1 saturated heterocycles. The van der Waals surface area contributed by atoms with Gasteiger partial charge < -0.3 is 14.5 Å². The standard InChI is InChI=1S/C16H24FN3O2/c1-16(2,3)22-15(21)20-9-7-13(8-10-20)19(4)14-6-5-12(17)11-18-14/h5-6,11,13H,7-10H2,1-4H3. The molecule has 0 N–H and O–H groups in total. The van der Waals surface area contributed by atoms with Gasteiger partial charge in [-0.15, -0.1) is 0 Å². The lowest BCUT2D eigenvalue weighted by atomic mass is 10.0. The predicted molar refractivity (Wildman–Crippen MR) is 83.4 cm³/mol. The SMILES string of the molecule is CN(c1ccc(F)cn1)C1CCN(C(=O)OC(C)(C)C)CC1. The van der Waals surface area contributed by atoms with Crippen LogP contribution < -0.4 is 4.90 Å². The van der Waals surface area contributed by atoms with E-state index in [4.69, 9.17) is 4.74 Å². The van der Waals surface area contributed by atoms with Gasteiger partial charge in [-0.25, -0.2) is 14.2 Å². The Bertz CT molecular complexity index is 505. The molecule has 0 aliphatic carbocycles. The molecule has 122 valence electrons. The summed E-state index contributed by atoms with van der Waals surface area (Å²) in [5.41, 5.74) is -0.469. The summed E-state index contributed by atoms with van der Waals surface area (Å²) in [5.74, 6) is 0.411. The summed E-state index contributed by atoms with van der Waals surface area (Å²) >= 11 is 0. The van der Waals surface area contributed by atoms with Crippen LogP contribution in [0.25, 0.3) is 0 Å². The number of likely N-dealkylation sites (tertiary alicyclic amines) is 1. The maximum atomic E-state index is 12.9. The second-order valence-electron chi connectivity index (χ2n) is 6.64. The molecular weight excluding hydrogens is 285 g/mol. The second kappa shape index (κ2) is 6.50. The van der Waals surface area contributed by atoms with Gasteiger partial charge in [0, 0.05) is 26.2 Å². The molecule has 1 fully saturated rings. The number of piperidine rings is 1. The molecule has 0 unspecified atom stereocenters. The highest BCUT2D eigenvalue weighted by molar-refractivity contribution is 5.68. The molecule has 0 spiro atoms. The van der Waals surface area contributed by atoms with Crippen LogP contribution in [-0.2, 0) is 4.74 Å². The molecule has 1 aliphatic heterocycles. The third-order valence-corrected chi connectivity index (χ3v) is 3.74. The fraction of sp³-hybridized carbons (Fsp3) is 0.625. The largest absolute Gasteiger partial charge is 0.444 e. The highest BCUT2D eigenvalue weighted by Gasteiger charge is 2.28. The zero-order valence-corrected chi connectivity index (χ0v) is 13.7. The van der Waals surface area contributed by atoms with Crippen LogP contribution in [0.5, 0.6) is 0 Å². The van der Waals surface area contributed by atoms with Crippen molar-refractivity contribution >= 4 is 11.9 Å². The molecule has 0 atom stereocenters. The number of carbonyl (C=O) groups excluding carboxylic acids is 1. The number of halogens is 1. The molecular formula is C16H24FN3O2. The third kappa shape index (κ3) is 4.32. The summed E-state index contributed by atoms with van der Waals surface area (Å²) in [4.78, 5) is 19.9. The lowest BCUT2D eigenvalue weighted by Crippen LogP contribution is -2.47. The number of anilines is 1. The number of aromatic nitrogens is 1. The molecule has 0 saturated carbocycles. The number of hydrogen-bond donors (Lipinski definition) is 0. The van der Waals surface area contributed by atoms with Gasteiger partial charge in [0.15, 0.2) is 0 Å². The van der Waals surface area contributed by atoms with E-state index in [9.17, 15) is 9.18 Å². The van der Waals surface area contributed by atoms with Crippen LogP contribution in [0.15, 0.2) is 18.3 Å². The van der Waals surface area contributed by atoms with Crippen LogP contribution in [0.1, 0.15) is 33.6 Å². The molecule has 0 radical (unpaired) electrons. The van der Waals surface area contributed by atoms with Crippen LogP contribution in [-0.4, -0.2) is 47.8 Å². The third-order valence-electron chi connectivity index (χ3n) is 3.74. The van der Waals surface area contributed by atoms with E-state index >= 15 is 0 Å². The van der Waals surface area contributed by atoms with Crippen molar-refractivity contribution in [3.63, 3.8) is 0 Å². The number of pyridine rings is 1. The fourth-order valence-electron chi connectivity index (χ4n) is 2.53. The maximum absolute atomic E-state index is 12.9. The normalized spacial score (nSPS) is 16.5. The Hall–Kier alpha value is -1.85. The van der Waals surface area contributed by atoms with Crippen LogP contribution in [0, 0.1) is 5.82 Å². The summed E-state index contributed by atoms with van der Waals surface area (Å²) < 4.78 is 18.3. The molecule has 1 aliphatic rings.